The van der Waals surface area contributed by atoms with Crippen LogP contribution in [0.3, 0.4) is 0 Å². The molecule has 0 aliphatic carbocycles. The maximum absolute atomic E-state index is 13.0. The number of carbonyl (C=O) groups excluding carboxylic acids is 2. The highest BCUT2D eigenvalue weighted by Crippen LogP contribution is 2.33. The molecule has 30 heavy (non-hydrogen) atoms. The highest BCUT2D eigenvalue weighted by atomic mass is 79.9. The Labute approximate surface area is 182 Å². The molecule has 4 rings (SSSR count). The Balaban J connectivity index is 1.40. The van der Waals surface area contributed by atoms with Crippen LogP contribution in [0, 0.1) is 16.0 Å². The Bertz CT molecular complexity index is 990. The first-order chi connectivity index (χ1) is 14.5. The molecule has 2 heterocycles. The van der Waals surface area contributed by atoms with Crippen LogP contribution in [0.2, 0.25) is 0 Å². The van der Waals surface area contributed by atoms with Gasteiger partial charge in [0.2, 0.25) is 11.8 Å². The molecule has 1 atom stereocenters. The van der Waals surface area contributed by atoms with Gasteiger partial charge in [-0.1, -0.05) is 24.3 Å². The molecule has 2 aliphatic rings. The maximum atomic E-state index is 13.0. The van der Waals surface area contributed by atoms with Crippen LogP contribution >= 0.6 is 15.9 Å². The SMILES string of the molecule is O=C(C1CC(=O)N(c2ccccc2Br)C1)N1CCN(c2ccccc2[N+](=O)[O-])CC1. The average molecular weight is 473 g/mol. The molecule has 0 saturated carbocycles. The predicted octanol–water partition coefficient (Wildman–Crippen LogP) is 3.06. The zero-order chi connectivity index (χ0) is 21.3. The smallest absolute Gasteiger partial charge is 0.292 e. The van der Waals surface area contributed by atoms with E-state index in [2.05, 4.69) is 15.9 Å². The van der Waals surface area contributed by atoms with E-state index in [0.29, 0.717) is 38.4 Å². The number of benzene rings is 2. The van der Waals surface area contributed by atoms with Crippen molar-refractivity contribution in [3.8, 4) is 0 Å². The van der Waals surface area contributed by atoms with Gasteiger partial charge in [0.25, 0.3) is 5.69 Å². The molecular weight excluding hydrogens is 452 g/mol. The van der Waals surface area contributed by atoms with Gasteiger partial charge in [-0.15, -0.1) is 0 Å². The number of carbonyl (C=O) groups is 2. The molecule has 2 saturated heterocycles. The third kappa shape index (κ3) is 3.89. The van der Waals surface area contributed by atoms with Crippen LogP contribution < -0.4 is 9.80 Å². The van der Waals surface area contributed by atoms with Gasteiger partial charge in [-0.05, 0) is 34.1 Å². The molecule has 0 N–H and O–H groups in total. The molecule has 1 unspecified atom stereocenters. The standard InChI is InChI=1S/C21H21BrN4O4/c22-16-5-1-2-6-17(16)25-14-15(13-20(25)27)21(28)24-11-9-23(10-12-24)18-7-3-4-8-19(18)26(29)30/h1-8,15H,9-14H2. The summed E-state index contributed by atoms with van der Waals surface area (Å²) in [6.45, 7) is 2.36. The van der Waals surface area contributed by atoms with Crippen LogP contribution in [-0.4, -0.2) is 54.4 Å². The number of amides is 2. The van der Waals surface area contributed by atoms with Crippen LogP contribution in [0.1, 0.15) is 6.42 Å². The molecular formula is C21H21BrN4O4. The highest BCUT2D eigenvalue weighted by molar-refractivity contribution is 9.10. The summed E-state index contributed by atoms with van der Waals surface area (Å²) in [6, 6.07) is 14.1. The lowest BCUT2D eigenvalue weighted by molar-refractivity contribution is -0.384. The van der Waals surface area contributed by atoms with Crippen LogP contribution in [0.4, 0.5) is 17.1 Å². The summed E-state index contributed by atoms with van der Waals surface area (Å²) < 4.78 is 0.824. The minimum absolute atomic E-state index is 0.0277. The number of hydrogen-bond acceptors (Lipinski definition) is 5. The second kappa shape index (κ2) is 8.43. The Kier molecular flexibility index (Phi) is 5.72. The van der Waals surface area contributed by atoms with E-state index in [1.165, 1.54) is 6.07 Å². The number of nitro benzene ring substituents is 1. The van der Waals surface area contributed by atoms with Gasteiger partial charge in [-0.3, -0.25) is 19.7 Å². The molecule has 2 amide bonds. The predicted molar refractivity (Wildman–Crippen MR) is 116 cm³/mol. The van der Waals surface area contributed by atoms with Crippen molar-refractivity contribution in [2.24, 2.45) is 5.92 Å². The van der Waals surface area contributed by atoms with Crippen LogP contribution in [-0.2, 0) is 9.59 Å². The number of anilines is 2. The Hall–Kier alpha value is -2.94. The minimum atomic E-state index is -0.382. The van der Waals surface area contributed by atoms with E-state index in [-0.39, 0.29) is 34.8 Å². The van der Waals surface area contributed by atoms with Crippen molar-refractivity contribution >= 4 is 44.8 Å². The van der Waals surface area contributed by atoms with E-state index in [1.54, 1.807) is 28.0 Å². The summed E-state index contributed by atoms with van der Waals surface area (Å²) in [7, 11) is 0. The quantitative estimate of drug-likeness (QED) is 0.503. The summed E-state index contributed by atoms with van der Waals surface area (Å²) in [5.41, 5.74) is 1.42. The maximum Gasteiger partial charge on any atom is 0.292 e. The van der Waals surface area contributed by atoms with Crippen LogP contribution in [0.25, 0.3) is 0 Å². The summed E-state index contributed by atoms with van der Waals surface area (Å²) >= 11 is 3.47. The van der Waals surface area contributed by atoms with Gasteiger partial charge in [0.05, 0.1) is 16.5 Å². The third-order valence-corrected chi connectivity index (χ3v) is 6.30. The summed E-state index contributed by atoms with van der Waals surface area (Å²) in [4.78, 5) is 41.8. The van der Waals surface area contributed by atoms with Gasteiger partial charge in [0, 0.05) is 49.7 Å². The first kappa shape index (κ1) is 20.3. The number of para-hydroxylation sites is 3. The fourth-order valence-electron chi connectivity index (χ4n) is 4.09. The fraction of sp³-hybridized carbons (Fsp3) is 0.333. The number of piperazine rings is 1. The van der Waals surface area contributed by atoms with Crippen molar-refractivity contribution in [3.63, 3.8) is 0 Å². The van der Waals surface area contributed by atoms with Crippen molar-refractivity contribution in [1.82, 2.24) is 4.90 Å². The van der Waals surface area contributed by atoms with Gasteiger partial charge in [-0.2, -0.15) is 0 Å². The minimum Gasteiger partial charge on any atom is -0.362 e. The molecule has 2 aromatic rings. The van der Waals surface area contributed by atoms with Crippen LogP contribution in [0.5, 0.6) is 0 Å². The zero-order valence-corrected chi connectivity index (χ0v) is 17.8. The molecule has 2 fully saturated rings. The summed E-state index contributed by atoms with van der Waals surface area (Å²) in [5.74, 6) is -0.457. The van der Waals surface area contributed by atoms with Crippen molar-refractivity contribution in [2.45, 2.75) is 6.42 Å². The Morgan fingerprint density at radius 1 is 1.00 bits per heavy atom. The molecule has 2 aromatic carbocycles. The van der Waals surface area contributed by atoms with E-state index in [9.17, 15) is 19.7 Å². The van der Waals surface area contributed by atoms with Crippen LogP contribution in [0.15, 0.2) is 53.0 Å². The molecule has 0 spiro atoms. The lowest BCUT2D eigenvalue weighted by Crippen LogP contribution is -2.50. The summed E-state index contributed by atoms with van der Waals surface area (Å²) in [5, 5.41) is 11.3. The normalized spacial score (nSPS) is 19.3. The third-order valence-electron chi connectivity index (χ3n) is 5.63. The Morgan fingerprint density at radius 2 is 1.63 bits per heavy atom. The van der Waals surface area contributed by atoms with Gasteiger partial charge < -0.3 is 14.7 Å². The average Bonchev–Trinajstić information content (AvgIpc) is 3.15. The Morgan fingerprint density at radius 3 is 2.30 bits per heavy atom. The molecule has 156 valence electrons. The van der Waals surface area contributed by atoms with E-state index in [4.69, 9.17) is 0 Å². The van der Waals surface area contributed by atoms with E-state index >= 15 is 0 Å². The van der Waals surface area contributed by atoms with Gasteiger partial charge in [-0.25, -0.2) is 0 Å². The first-order valence-corrected chi connectivity index (χ1v) is 10.6. The molecule has 0 radical (unpaired) electrons. The second-order valence-corrected chi connectivity index (χ2v) is 8.27. The van der Waals surface area contributed by atoms with E-state index < -0.39 is 0 Å². The highest BCUT2D eigenvalue weighted by Gasteiger charge is 2.38. The number of rotatable bonds is 4. The number of nitro groups is 1. The van der Waals surface area contributed by atoms with Crippen molar-refractivity contribution in [2.75, 3.05) is 42.5 Å². The topological polar surface area (TPSA) is 87.0 Å². The fourth-order valence-corrected chi connectivity index (χ4v) is 4.59. The molecule has 0 aromatic heterocycles. The largest absolute Gasteiger partial charge is 0.362 e. The number of halogens is 1. The van der Waals surface area contributed by atoms with Gasteiger partial charge >= 0.3 is 0 Å². The van der Waals surface area contributed by atoms with E-state index in [0.717, 1.165) is 10.2 Å². The molecule has 8 nitrogen and oxygen atoms in total. The van der Waals surface area contributed by atoms with Crippen molar-refractivity contribution < 1.29 is 14.5 Å². The first-order valence-electron chi connectivity index (χ1n) is 9.77. The van der Waals surface area contributed by atoms with Crippen molar-refractivity contribution in [1.29, 1.82) is 0 Å². The second-order valence-electron chi connectivity index (χ2n) is 7.41. The van der Waals surface area contributed by atoms with Crippen molar-refractivity contribution in [3.05, 3.63) is 63.1 Å². The summed E-state index contributed by atoms with van der Waals surface area (Å²) in [6.07, 6.45) is 0.199. The van der Waals surface area contributed by atoms with Gasteiger partial charge in [0.1, 0.15) is 5.69 Å². The number of hydrogen-bond donors (Lipinski definition) is 0. The zero-order valence-electron chi connectivity index (χ0n) is 16.2. The molecule has 2 aliphatic heterocycles. The number of nitrogens with zero attached hydrogens (tertiary/aromatic N) is 4. The monoisotopic (exact) mass is 472 g/mol. The van der Waals surface area contributed by atoms with E-state index in [1.807, 2.05) is 29.2 Å². The lowest BCUT2D eigenvalue weighted by Gasteiger charge is -2.36. The van der Waals surface area contributed by atoms with Gasteiger partial charge in [0.15, 0.2) is 0 Å². The molecule has 0 bridgehead atoms. The lowest BCUT2D eigenvalue weighted by atomic mass is 10.1. The molecule has 9 heteroatoms.